The SMILES string of the molecule is CCCCCCCCC(CC)(CC)C(CC)(C(=O)O)C(=O)O. The normalized spacial score (nSPS) is 12.4. The highest BCUT2D eigenvalue weighted by Crippen LogP contribution is 2.51. The second kappa shape index (κ2) is 9.86. The Kier molecular flexibility index (Phi) is 9.38. The maximum atomic E-state index is 11.9. The summed E-state index contributed by atoms with van der Waals surface area (Å²) in [7, 11) is 0. The molecule has 0 saturated carbocycles. The Bertz CT molecular complexity index is 331. The van der Waals surface area contributed by atoms with Crippen LogP contribution in [-0.4, -0.2) is 22.2 Å². The minimum absolute atomic E-state index is 0.134. The molecule has 0 rings (SSSR count). The molecule has 0 radical (unpaired) electrons. The van der Waals surface area contributed by atoms with Crippen LogP contribution < -0.4 is 0 Å². The van der Waals surface area contributed by atoms with Gasteiger partial charge in [0.25, 0.3) is 0 Å². The average molecular weight is 314 g/mol. The van der Waals surface area contributed by atoms with E-state index in [2.05, 4.69) is 6.92 Å². The molecule has 0 aliphatic heterocycles. The molecule has 2 N–H and O–H groups in total. The molecule has 0 atom stereocenters. The molecule has 0 bridgehead atoms. The molecule has 0 aromatic rings. The molecule has 0 spiro atoms. The first-order chi connectivity index (χ1) is 10.4. The molecule has 4 nitrogen and oxygen atoms in total. The van der Waals surface area contributed by atoms with Crippen LogP contribution in [0.15, 0.2) is 0 Å². The summed E-state index contributed by atoms with van der Waals surface area (Å²) in [4.78, 5) is 23.7. The van der Waals surface area contributed by atoms with Crippen LogP contribution in [0.5, 0.6) is 0 Å². The van der Waals surface area contributed by atoms with Crippen LogP contribution in [0.25, 0.3) is 0 Å². The number of unbranched alkanes of at least 4 members (excludes halogenated alkanes) is 5. The highest BCUT2D eigenvalue weighted by atomic mass is 16.4. The predicted molar refractivity (Wildman–Crippen MR) is 89.0 cm³/mol. The van der Waals surface area contributed by atoms with Gasteiger partial charge in [0.15, 0.2) is 5.41 Å². The van der Waals surface area contributed by atoms with Crippen molar-refractivity contribution in [2.45, 2.75) is 91.9 Å². The van der Waals surface area contributed by atoms with E-state index in [0.717, 1.165) is 19.3 Å². The molecule has 0 fully saturated rings. The molecule has 4 heteroatoms. The summed E-state index contributed by atoms with van der Waals surface area (Å²) in [6.45, 7) is 7.71. The molecule has 0 aliphatic rings. The minimum atomic E-state index is -1.67. The summed E-state index contributed by atoms with van der Waals surface area (Å²) < 4.78 is 0. The average Bonchev–Trinajstić information content (AvgIpc) is 2.49. The highest BCUT2D eigenvalue weighted by molar-refractivity contribution is 5.99. The lowest BCUT2D eigenvalue weighted by Crippen LogP contribution is -2.52. The van der Waals surface area contributed by atoms with Gasteiger partial charge in [-0.05, 0) is 31.1 Å². The first-order valence-electron chi connectivity index (χ1n) is 8.85. The van der Waals surface area contributed by atoms with E-state index < -0.39 is 22.8 Å². The Balaban J connectivity index is 5.12. The van der Waals surface area contributed by atoms with Crippen molar-refractivity contribution >= 4 is 11.9 Å². The quantitative estimate of drug-likeness (QED) is 0.366. The van der Waals surface area contributed by atoms with E-state index in [1.165, 1.54) is 19.3 Å². The lowest BCUT2D eigenvalue weighted by Gasteiger charge is -2.44. The second-order valence-electron chi connectivity index (χ2n) is 6.37. The number of hydrogen-bond donors (Lipinski definition) is 2. The van der Waals surface area contributed by atoms with E-state index in [1.54, 1.807) is 6.92 Å². The van der Waals surface area contributed by atoms with Crippen molar-refractivity contribution in [2.75, 3.05) is 0 Å². The topological polar surface area (TPSA) is 74.6 Å². The highest BCUT2D eigenvalue weighted by Gasteiger charge is 2.58. The number of aliphatic carboxylic acids is 2. The molecule has 0 unspecified atom stereocenters. The summed E-state index contributed by atoms with van der Waals surface area (Å²) in [6, 6.07) is 0. The first kappa shape index (κ1) is 20.9. The number of carboxylic acid groups (broad SMARTS) is 2. The van der Waals surface area contributed by atoms with Gasteiger partial charge in [0.2, 0.25) is 0 Å². The molecule has 0 aromatic heterocycles. The summed E-state index contributed by atoms with van der Waals surface area (Å²) in [6.07, 6.45) is 8.74. The Morgan fingerprint density at radius 2 is 1.18 bits per heavy atom. The third-order valence-electron chi connectivity index (χ3n) is 5.53. The van der Waals surface area contributed by atoms with E-state index in [9.17, 15) is 19.8 Å². The fourth-order valence-corrected chi connectivity index (χ4v) is 3.89. The smallest absolute Gasteiger partial charge is 0.321 e. The van der Waals surface area contributed by atoms with E-state index in [-0.39, 0.29) is 6.42 Å². The molecular weight excluding hydrogens is 280 g/mol. The third kappa shape index (κ3) is 4.23. The van der Waals surface area contributed by atoms with Crippen LogP contribution in [0.4, 0.5) is 0 Å². The van der Waals surface area contributed by atoms with Gasteiger partial charge in [-0.3, -0.25) is 9.59 Å². The van der Waals surface area contributed by atoms with Gasteiger partial charge >= 0.3 is 11.9 Å². The Morgan fingerprint density at radius 3 is 1.55 bits per heavy atom. The van der Waals surface area contributed by atoms with Crippen LogP contribution >= 0.6 is 0 Å². The van der Waals surface area contributed by atoms with Gasteiger partial charge in [0, 0.05) is 0 Å². The second-order valence-corrected chi connectivity index (χ2v) is 6.37. The van der Waals surface area contributed by atoms with E-state index in [4.69, 9.17) is 0 Å². The van der Waals surface area contributed by atoms with E-state index >= 15 is 0 Å². The number of rotatable bonds is 13. The fraction of sp³-hybridized carbons (Fsp3) is 0.889. The number of carbonyl (C=O) groups is 2. The minimum Gasteiger partial charge on any atom is -0.480 e. The molecule has 0 amide bonds. The Hall–Kier alpha value is -1.06. The van der Waals surface area contributed by atoms with Crippen molar-refractivity contribution in [3.05, 3.63) is 0 Å². The summed E-state index contributed by atoms with van der Waals surface area (Å²) in [5.41, 5.74) is -2.33. The van der Waals surface area contributed by atoms with Crippen molar-refractivity contribution in [3.8, 4) is 0 Å². The lowest BCUT2D eigenvalue weighted by molar-refractivity contribution is -0.178. The molecule has 0 aliphatic carbocycles. The van der Waals surface area contributed by atoms with Crippen LogP contribution in [0, 0.1) is 10.8 Å². The van der Waals surface area contributed by atoms with Crippen LogP contribution in [-0.2, 0) is 9.59 Å². The van der Waals surface area contributed by atoms with Gasteiger partial charge in [-0.15, -0.1) is 0 Å². The van der Waals surface area contributed by atoms with Crippen molar-refractivity contribution in [3.63, 3.8) is 0 Å². The molecule has 130 valence electrons. The van der Waals surface area contributed by atoms with Crippen LogP contribution in [0.3, 0.4) is 0 Å². The van der Waals surface area contributed by atoms with Crippen molar-refractivity contribution in [1.29, 1.82) is 0 Å². The van der Waals surface area contributed by atoms with Gasteiger partial charge in [-0.25, -0.2) is 0 Å². The zero-order valence-corrected chi connectivity index (χ0v) is 14.8. The fourth-order valence-electron chi connectivity index (χ4n) is 3.89. The van der Waals surface area contributed by atoms with Gasteiger partial charge < -0.3 is 10.2 Å². The van der Waals surface area contributed by atoms with Crippen LogP contribution in [0.2, 0.25) is 0 Å². The van der Waals surface area contributed by atoms with Gasteiger partial charge in [-0.2, -0.15) is 0 Å². The Labute approximate surface area is 135 Å². The van der Waals surface area contributed by atoms with Crippen LogP contribution in [0.1, 0.15) is 91.9 Å². The Morgan fingerprint density at radius 1 is 0.727 bits per heavy atom. The number of carboxylic acids is 2. The zero-order valence-electron chi connectivity index (χ0n) is 14.8. The van der Waals surface area contributed by atoms with Crippen molar-refractivity contribution in [2.24, 2.45) is 10.8 Å². The summed E-state index contributed by atoms with van der Waals surface area (Å²) in [5, 5.41) is 19.4. The lowest BCUT2D eigenvalue weighted by atomic mass is 9.56. The van der Waals surface area contributed by atoms with Gasteiger partial charge in [0.05, 0.1) is 0 Å². The molecular formula is C18H34O4. The number of hydrogen-bond acceptors (Lipinski definition) is 2. The molecule has 0 heterocycles. The molecule has 0 aromatic carbocycles. The first-order valence-corrected chi connectivity index (χ1v) is 8.85. The summed E-state index contributed by atoms with van der Waals surface area (Å²) >= 11 is 0. The monoisotopic (exact) mass is 314 g/mol. The molecule has 0 saturated heterocycles. The van der Waals surface area contributed by atoms with E-state index in [0.29, 0.717) is 19.3 Å². The van der Waals surface area contributed by atoms with Gasteiger partial charge in [-0.1, -0.05) is 66.2 Å². The van der Waals surface area contributed by atoms with Gasteiger partial charge in [0.1, 0.15) is 0 Å². The zero-order chi connectivity index (χ0) is 17.2. The predicted octanol–water partition coefficient (Wildman–Crippen LogP) is 5.11. The third-order valence-corrected chi connectivity index (χ3v) is 5.53. The van der Waals surface area contributed by atoms with E-state index in [1.807, 2.05) is 13.8 Å². The largest absolute Gasteiger partial charge is 0.480 e. The molecule has 22 heavy (non-hydrogen) atoms. The standard InChI is InChI=1S/C18H34O4/c1-5-9-10-11-12-13-14-17(6-2,7-3)18(8-4,15(19)20)16(21)22/h5-14H2,1-4H3,(H,19,20)(H,21,22). The van der Waals surface area contributed by atoms with Crippen molar-refractivity contribution in [1.82, 2.24) is 0 Å². The maximum Gasteiger partial charge on any atom is 0.321 e. The van der Waals surface area contributed by atoms with Crippen molar-refractivity contribution < 1.29 is 19.8 Å². The summed E-state index contributed by atoms with van der Waals surface area (Å²) in [5.74, 6) is -2.37. The maximum absolute atomic E-state index is 11.9.